The van der Waals surface area contributed by atoms with Gasteiger partial charge in [0.2, 0.25) is 5.95 Å². The number of hydrogen-bond donors (Lipinski definition) is 4. The van der Waals surface area contributed by atoms with Crippen molar-refractivity contribution in [1.29, 1.82) is 0 Å². The molecule has 4 heterocycles. The number of aromatic nitrogens is 4. The first-order valence-electron chi connectivity index (χ1n) is 10.7. The van der Waals surface area contributed by atoms with Crippen LogP contribution in [0.5, 0.6) is 0 Å². The molecule has 0 atom stereocenters. The Bertz CT molecular complexity index is 1460. The van der Waals surface area contributed by atoms with Gasteiger partial charge in [0.15, 0.2) is 5.82 Å². The third kappa shape index (κ3) is 5.45. The van der Waals surface area contributed by atoms with Crippen LogP contribution in [0, 0.1) is 11.8 Å². The van der Waals surface area contributed by atoms with Gasteiger partial charge in [0.05, 0.1) is 30.1 Å². The average Bonchev–Trinajstić information content (AvgIpc) is 3.58. The Morgan fingerprint density at radius 1 is 1.31 bits per heavy atom. The number of halogens is 3. The van der Waals surface area contributed by atoms with Gasteiger partial charge < -0.3 is 20.5 Å². The van der Waals surface area contributed by atoms with Crippen LogP contribution in [0.1, 0.15) is 35.7 Å². The summed E-state index contributed by atoms with van der Waals surface area (Å²) < 4.78 is 32.0. The van der Waals surface area contributed by atoms with Crippen LogP contribution in [0.25, 0.3) is 11.2 Å². The molecule has 4 aromatic heterocycles. The number of imidazole rings is 2. The summed E-state index contributed by atoms with van der Waals surface area (Å²) in [5.74, 6) is 4.60. The van der Waals surface area contributed by atoms with Gasteiger partial charge in [-0.05, 0) is 36.5 Å². The molecule has 9 nitrogen and oxygen atoms in total. The van der Waals surface area contributed by atoms with Gasteiger partial charge in [-0.15, -0.1) is 0 Å². The Labute approximate surface area is 222 Å². The van der Waals surface area contributed by atoms with E-state index in [0.717, 1.165) is 23.4 Å². The third-order valence-corrected chi connectivity index (χ3v) is 5.97. The van der Waals surface area contributed by atoms with Gasteiger partial charge in [-0.25, -0.2) is 20.2 Å². The van der Waals surface area contributed by atoms with Crippen molar-refractivity contribution in [3.63, 3.8) is 0 Å². The predicted octanol–water partition coefficient (Wildman–Crippen LogP) is 2.58. The van der Waals surface area contributed by atoms with E-state index in [0.29, 0.717) is 11.6 Å². The van der Waals surface area contributed by atoms with Crippen molar-refractivity contribution in [2.75, 3.05) is 0 Å². The minimum absolute atomic E-state index is 0.0540. The molecule has 1 aliphatic carbocycles. The van der Waals surface area contributed by atoms with E-state index in [9.17, 15) is 13.6 Å². The molecule has 0 unspecified atom stereocenters. The van der Waals surface area contributed by atoms with Crippen molar-refractivity contribution >= 4 is 54.6 Å². The summed E-state index contributed by atoms with van der Waals surface area (Å²) >= 11 is 11.6. The van der Waals surface area contributed by atoms with E-state index in [1.54, 1.807) is 18.5 Å². The fourth-order valence-electron chi connectivity index (χ4n) is 3.78. The SMILES string of the molecule is N/C(=C\N(N)Cc1nc2ccc(C3CC3)cn2c1F)C(=O)NCc1ncn2ccc(Cl)c(F)c12.S[Se]. The molecule has 5 N–H and O–H groups in total. The molecule has 1 aliphatic rings. The molecule has 36 heavy (non-hydrogen) atoms. The zero-order valence-corrected chi connectivity index (χ0v) is 22.1. The van der Waals surface area contributed by atoms with Gasteiger partial charge in [-0.1, -0.05) is 17.7 Å². The average molecular weight is 599 g/mol. The number of hydrazine groups is 1. The molecule has 189 valence electrons. The molecular weight excluding hydrogens is 577 g/mol. The zero-order valence-electron chi connectivity index (χ0n) is 18.7. The van der Waals surface area contributed by atoms with Gasteiger partial charge in [-0.3, -0.25) is 9.20 Å². The summed E-state index contributed by atoms with van der Waals surface area (Å²) in [6.07, 6.45) is 8.12. The monoisotopic (exact) mass is 599 g/mol. The molecule has 0 bridgehead atoms. The Balaban J connectivity index is 0.00000148. The molecule has 0 saturated heterocycles. The van der Waals surface area contributed by atoms with Crippen molar-refractivity contribution in [2.24, 2.45) is 11.6 Å². The topological polar surface area (TPSA) is 119 Å². The first-order chi connectivity index (χ1) is 17.3. The number of thiol groups is 1. The summed E-state index contributed by atoms with van der Waals surface area (Å²) in [6.45, 7) is -0.189. The Kier molecular flexibility index (Phi) is 8.06. The molecule has 1 amide bonds. The van der Waals surface area contributed by atoms with E-state index in [-0.39, 0.29) is 40.7 Å². The van der Waals surface area contributed by atoms with Crippen LogP contribution in [0.3, 0.4) is 0 Å². The van der Waals surface area contributed by atoms with Crippen molar-refractivity contribution < 1.29 is 13.6 Å². The number of pyridine rings is 2. The molecule has 14 heteroatoms. The van der Waals surface area contributed by atoms with Crippen LogP contribution in [0.15, 0.2) is 48.8 Å². The number of hydrogen-bond acceptors (Lipinski definition) is 7. The summed E-state index contributed by atoms with van der Waals surface area (Å²) in [7, 11) is 0. The molecule has 0 aromatic carbocycles. The van der Waals surface area contributed by atoms with Gasteiger partial charge in [0.1, 0.15) is 22.6 Å². The Morgan fingerprint density at radius 3 is 2.78 bits per heavy atom. The molecule has 1 radical (unpaired) electrons. The van der Waals surface area contributed by atoms with E-state index >= 15 is 0 Å². The minimum atomic E-state index is -0.649. The third-order valence-electron chi connectivity index (χ3n) is 5.68. The number of nitrogens with zero attached hydrogens (tertiary/aromatic N) is 5. The Morgan fingerprint density at radius 2 is 2.06 bits per heavy atom. The van der Waals surface area contributed by atoms with E-state index in [4.69, 9.17) is 23.2 Å². The fraction of sp³-hybridized carbons (Fsp3) is 0.227. The van der Waals surface area contributed by atoms with Crippen LogP contribution in [0.2, 0.25) is 5.02 Å². The molecule has 4 aromatic rings. The number of nitrogens with two attached hydrogens (primary N) is 2. The van der Waals surface area contributed by atoms with E-state index in [1.807, 2.05) is 6.07 Å². The molecular formula is C22H22ClF2N8OSSe. The van der Waals surface area contributed by atoms with E-state index < -0.39 is 17.7 Å². The normalized spacial score (nSPS) is 13.6. The van der Waals surface area contributed by atoms with E-state index in [1.165, 1.54) is 27.4 Å². The molecule has 5 rings (SSSR count). The van der Waals surface area contributed by atoms with Gasteiger partial charge in [0.25, 0.3) is 5.91 Å². The van der Waals surface area contributed by atoms with Crippen molar-refractivity contribution in [3.8, 4) is 0 Å². The van der Waals surface area contributed by atoms with Crippen LogP contribution in [-0.2, 0) is 17.9 Å². The second-order valence-electron chi connectivity index (χ2n) is 8.18. The van der Waals surface area contributed by atoms with Crippen LogP contribution >= 0.6 is 22.6 Å². The van der Waals surface area contributed by atoms with Crippen LogP contribution < -0.4 is 16.9 Å². The molecule has 1 fully saturated rings. The summed E-state index contributed by atoms with van der Waals surface area (Å²) in [5.41, 5.74) is 7.73. The number of carbonyl (C=O) groups excluding carboxylic acids is 1. The predicted molar refractivity (Wildman–Crippen MR) is 136 cm³/mol. The number of rotatable bonds is 7. The second kappa shape index (κ2) is 11.1. The standard InChI is InChI=1S/C22H21ClF2N8O.HSSe/c23-14-5-6-31-11-29-16(20(31)19(14)24)7-28-22(34)15(26)9-32(27)10-17-21(25)33-8-13(12-1-2-12)3-4-18(33)30-17;1-2/h3-6,8-9,11-12H,1-2,7,10,26-27H2,(H,28,34);1H/b15-9-;. The van der Waals surface area contributed by atoms with Crippen LogP contribution in [-0.4, -0.2) is 44.6 Å². The zero-order chi connectivity index (χ0) is 26.0. The Hall–Kier alpha value is -2.83. The molecule has 1 saturated carbocycles. The van der Waals surface area contributed by atoms with Crippen molar-refractivity contribution in [1.82, 2.24) is 29.1 Å². The summed E-state index contributed by atoms with van der Waals surface area (Å²) in [5, 5.41) is 3.58. The van der Waals surface area contributed by atoms with Crippen molar-refractivity contribution in [3.05, 3.63) is 82.6 Å². The van der Waals surface area contributed by atoms with Gasteiger partial charge >= 0.3 is 25.9 Å². The van der Waals surface area contributed by atoms with Crippen molar-refractivity contribution in [2.45, 2.75) is 31.8 Å². The maximum atomic E-state index is 14.9. The number of fused-ring (bicyclic) bond motifs is 2. The quantitative estimate of drug-likeness (QED) is 0.0854. The van der Waals surface area contributed by atoms with E-state index in [2.05, 4.69) is 41.2 Å². The first kappa shape index (κ1) is 26.2. The van der Waals surface area contributed by atoms with Crippen LogP contribution in [0.4, 0.5) is 8.78 Å². The first-order valence-corrected chi connectivity index (χ1v) is 13.8. The summed E-state index contributed by atoms with van der Waals surface area (Å²) in [4.78, 5) is 20.8. The number of nitrogens with one attached hydrogen (secondary N) is 1. The second-order valence-corrected chi connectivity index (χ2v) is 8.59. The van der Waals surface area contributed by atoms with Gasteiger partial charge in [0, 0.05) is 18.6 Å². The fourth-order valence-corrected chi connectivity index (χ4v) is 3.92. The number of carbonyl (C=O) groups is 1. The maximum absolute atomic E-state index is 14.9. The van der Waals surface area contributed by atoms with Gasteiger partial charge in [-0.2, -0.15) is 4.39 Å². The molecule has 0 spiro atoms. The molecule has 0 aliphatic heterocycles. The summed E-state index contributed by atoms with van der Waals surface area (Å²) in [6, 6.07) is 5.13. The number of amides is 1.